The summed E-state index contributed by atoms with van der Waals surface area (Å²) in [6.45, 7) is 0. The van der Waals surface area contributed by atoms with Crippen molar-refractivity contribution < 1.29 is 5.79 Å². The lowest BCUT2D eigenvalue weighted by Crippen LogP contribution is -2.04. The van der Waals surface area contributed by atoms with E-state index in [2.05, 4.69) is 66.7 Å². The summed E-state index contributed by atoms with van der Waals surface area (Å²) < 4.78 is 15.3. The second kappa shape index (κ2) is 10.8. The van der Waals surface area contributed by atoms with Crippen LogP contribution < -0.4 is 0 Å². The predicted molar refractivity (Wildman–Crippen MR) is 188 cm³/mol. The number of aromatic nitrogens is 3. The fourth-order valence-electron chi connectivity index (χ4n) is 6.44. The van der Waals surface area contributed by atoms with E-state index < -0.39 is 0 Å². The zero-order valence-electron chi connectivity index (χ0n) is 25.8. The molecule has 0 aliphatic rings. The van der Waals surface area contributed by atoms with Crippen LogP contribution in [0.4, 0.5) is 0 Å². The third kappa shape index (κ3) is 4.59. The van der Waals surface area contributed by atoms with Crippen LogP contribution in [0.5, 0.6) is 0 Å². The van der Waals surface area contributed by atoms with Crippen LogP contribution in [0.3, 0.4) is 0 Å². The summed E-state index contributed by atoms with van der Waals surface area (Å²) >= 11 is 0. The Morgan fingerprint density at radius 2 is 1.15 bits per heavy atom. The van der Waals surface area contributed by atoms with Gasteiger partial charge in [0.05, 0.1) is 1.37 Å². The molecule has 0 atom stereocenters. The quantitative estimate of drug-likeness (QED) is 0.187. The largest absolute Gasteiger partial charge is 0.456 e. The van der Waals surface area contributed by atoms with E-state index in [1.807, 2.05) is 78.9 Å². The van der Waals surface area contributed by atoms with E-state index in [0.29, 0.717) is 35.5 Å². The van der Waals surface area contributed by atoms with Crippen molar-refractivity contribution in [3.05, 3.63) is 163 Å². The van der Waals surface area contributed by atoms with Gasteiger partial charge in [-0.3, -0.25) is 0 Å². The molecule has 0 unspecified atom stereocenters. The van der Waals surface area contributed by atoms with Crippen LogP contribution in [0.1, 0.15) is 12.8 Å². The van der Waals surface area contributed by atoms with Crippen LogP contribution in [0, 0.1) is 0 Å². The lowest BCUT2D eigenvalue weighted by Gasteiger charge is -2.09. The van der Waals surface area contributed by atoms with Crippen molar-refractivity contribution in [2.75, 3.05) is 0 Å². The Labute approximate surface area is 267 Å². The first-order chi connectivity index (χ1) is 23.2. The molecular formula is C42H27N3O. The maximum atomic E-state index is 8.97. The highest BCUT2D eigenvalue weighted by molar-refractivity contribution is 6.10. The lowest BCUT2D eigenvalue weighted by atomic mass is 9.96. The van der Waals surface area contributed by atoms with Crippen molar-refractivity contribution in [3.63, 3.8) is 0 Å². The van der Waals surface area contributed by atoms with Gasteiger partial charge in [-0.2, -0.15) is 0 Å². The van der Waals surface area contributed by atoms with E-state index in [1.165, 1.54) is 21.5 Å². The van der Waals surface area contributed by atoms with Gasteiger partial charge in [0.2, 0.25) is 0 Å². The van der Waals surface area contributed by atoms with Crippen molar-refractivity contribution in [2.45, 2.75) is 6.42 Å². The maximum absolute atomic E-state index is 8.97. The van der Waals surface area contributed by atoms with E-state index in [-0.39, 0.29) is 0 Å². The monoisotopic (exact) mass is 590 g/mol. The molecule has 0 N–H and O–H groups in total. The molecule has 0 amide bonds. The van der Waals surface area contributed by atoms with Crippen molar-refractivity contribution in [2.24, 2.45) is 0 Å². The van der Waals surface area contributed by atoms with Crippen molar-refractivity contribution in [3.8, 4) is 33.9 Å². The van der Waals surface area contributed by atoms with Gasteiger partial charge in [-0.25, -0.2) is 15.0 Å². The number of furan rings is 1. The van der Waals surface area contributed by atoms with Crippen LogP contribution >= 0.6 is 0 Å². The third-order valence-electron chi connectivity index (χ3n) is 8.67. The van der Waals surface area contributed by atoms with Crippen molar-refractivity contribution in [1.82, 2.24) is 15.0 Å². The molecule has 7 aromatic carbocycles. The summed E-state index contributed by atoms with van der Waals surface area (Å²) in [4.78, 5) is 14.7. The predicted octanol–water partition coefficient (Wildman–Crippen LogP) is 10.7. The SMILES string of the molecule is [2H]c1cc(-c2ccc3c(ccc4ccccc43)c2)cc2c1oc1cccc(Cc3nc(-c4ccccc4)nc(-c4ccccc4)n3)c12. The van der Waals surface area contributed by atoms with E-state index in [9.17, 15) is 0 Å². The van der Waals surface area contributed by atoms with Gasteiger partial charge in [0.15, 0.2) is 11.6 Å². The lowest BCUT2D eigenvalue weighted by molar-refractivity contribution is 0.668. The van der Waals surface area contributed by atoms with E-state index >= 15 is 0 Å². The number of rotatable bonds is 5. The van der Waals surface area contributed by atoms with E-state index in [1.54, 1.807) is 0 Å². The van der Waals surface area contributed by atoms with Crippen LogP contribution in [-0.4, -0.2) is 15.0 Å². The standard InChI is InChI=1S/C42H27N3O/c1-3-11-28(12-4-1)41-43-39(44-42(45-41)29-13-5-2-6-14-29)26-33-15-9-17-38-40(33)36-25-31(21-23-37(36)46-38)30-20-22-35-32(24-30)19-18-27-10-7-8-16-34(27)35/h1-25H,26H2/i23D. The highest BCUT2D eigenvalue weighted by atomic mass is 16.3. The minimum Gasteiger partial charge on any atom is -0.456 e. The molecule has 4 heteroatoms. The molecular weight excluding hydrogens is 562 g/mol. The molecule has 0 aliphatic heterocycles. The van der Waals surface area contributed by atoms with Gasteiger partial charge in [0, 0.05) is 28.3 Å². The third-order valence-corrected chi connectivity index (χ3v) is 8.67. The molecule has 0 fully saturated rings. The highest BCUT2D eigenvalue weighted by Crippen LogP contribution is 2.36. The molecule has 216 valence electrons. The number of hydrogen-bond acceptors (Lipinski definition) is 4. The van der Waals surface area contributed by atoms with Gasteiger partial charge >= 0.3 is 0 Å². The summed E-state index contributed by atoms with van der Waals surface area (Å²) in [5, 5.41) is 6.75. The Hall–Kier alpha value is -6.13. The summed E-state index contributed by atoms with van der Waals surface area (Å²) in [5.41, 5.74) is 6.27. The Bertz CT molecular complexity index is 2560. The second-order valence-electron chi connectivity index (χ2n) is 11.6. The summed E-state index contributed by atoms with van der Waals surface area (Å²) in [6.07, 6.45) is 0.481. The molecule has 0 radical (unpaired) electrons. The highest BCUT2D eigenvalue weighted by Gasteiger charge is 2.16. The van der Waals surface area contributed by atoms with Crippen LogP contribution in [0.25, 0.3) is 77.4 Å². The molecule has 0 aliphatic carbocycles. The Kier molecular flexibility index (Phi) is 5.92. The Morgan fingerprint density at radius 1 is 0.478 bits per heavy atom. The average molecular weight is 591 g/mol. The second-order valence-corrected chi connectivity index (χ2v) is 11.6. The van der Waals surface area contributed by atoms with E-state index in [4.69, 9.17) is 20.7 Å². The van der Waals surface area contributed by atoms with E-state index in [0.717, 1.165) is 44.2 Å². The first-order valence-corrected chi connectivity index (χ1v) is 15.4. The molecule has 2 heterocycles. The zero-order chi connectivity index (χ0) is 31.3. The molecule has 0 bridgehead atoms. The first-order valence-electron chi connectivity index (χ1n) is 15.9. The first kappa shape index (κ1) is 25.2. The van der Waals surface area contributed by atoms with Gasteiger partial charge in [0.25, 0.3) is 0 Å². The normalized spacial score (nSPS) is 11.9. The van der Waals surface area contributed by atoms with Gasteiger partial charge < -0.3 is 4.42 Å². The summed E-state index contributed by atoms with van der Waals surface area (Å²) in [6, 6.07) is 49.9. The Morgan fingerprint density at radius 3 is 1.93 bits per heavy atom. The Balaban J connectivity index is 1.18. The van der Waals surface area contributed by atoms with Crippen LogP contribution in [0.2, 0.25) is 0 Å². The van der Waals surface area contributed by atoms with Crippen molar-refractivity contribution >= 4 is 43.5 Å². The van der Waals surface area contributed by atoms with Gasteiger partial charge in [0.1, 0.15) is 17.0 Å². The summed E-state index contributed by atoms with van der Waals surface area (Å²) in [7, 11) is 0. The number of nitrogens with zero attached hydrogens (tertiary/aromatic N) is 3. The molecule has 46 heavy (non-hydrogen) atoms. The number of hydrogen-bond donors (Lipinski definition) is 0. The minimum atomic E-state index is 0.358. The molecule has 4 nitrogen and oxygen atoms in total. The van der Waals surface area contributed by atoms with Crippen LogP contribution in [-0.2, 0) is 6.42 Å². The smallest absolute Gasteiger partial charge is 0.163 e. The molecule has 2 aromatic heterocycles. The van der Waals surface area contributed by atoms with Crippen molar-refractivity contribution in [1.29, 1.82) is 0 Å². The van der Waals surface area contributed by atoms with Gasteiger partial charge in [-0.15, -0.1) is 0 Å². The molecule has 0 spiro atoms. The molecule has 0 saturated carbocycles. The summed E-state index contributed by atoms with van der Waals surface area (Å²) in [5.74, 6) is 1.94. The maximum Gasteiger partial charge on any atom is 0.163 e. The minimum absolute atomic E-state index is 0.358. The van der Waals surface area contributed by atoms with Gasteiger partial charge in [-0.1, -0.05) is 127 Å². The average Bonchev–Trinajstić information content (AvgIpc) is 3.52. The topological polar surface area (TPSA) is 51.8 Å². The molecule has 9 aromatic rings. The molecule has 0 saturated heterocycles. The van der Waals surface area contributed by atoms with Crippen LogP contribution in [0.15, 0.2) is 156 Å². The molecule has 9 rings (SSSR count). The van der Waals surface area contributed by atoms with Gasteiger partial charge in [-0.05, 0) is 62.5 Å². The number of benzene rings is 7. The number of fused-ring (bicyclic) bond motifs is 6. The fourth-order valence-corrected chi connectivity index (χ4v) is 6.44. The fraction of sp³-hybridized carbons (Fsp3) is 0.0238. The zero-order valence-corrected chi connectivity index (χ0v) is 24.8.